The summed E-state index contributed by atoms with van der Waals surface area (Å²) in [4.78, 5) is 4.87. The molecule has 1 aliphatic carbocycles. The number of nitrogens with one attached hydrogen (secondary N) is 1. The summed E-state index contributed by atoms with van der Waals surface area (Å²) in [5.74, 6) is 5.19. The van der Waals surface area contributed by atoms with Crippen molar-refractivity contribution in [3.05, 3.63) is 0 Å². The van der Waals surface area contributed by atoms with Gasteiger partial charge in [0, 0.05) is 12.6 Å². The lowest BCUT2D eigenvalue weighted by molar-refractivity contribution is -0.0254. The fourth-order valence-corrected chi connectivity index (χ4v) is 2.50. The van der Waals surface area contributed by atoms with Gasteiger partial charge in [0.1, 0.15) is 6.23 Å². The van der Waals surface area contributed by atoms with E-state index in [0.29, 0.717) is 12.3 Å². The molecule has 1 unspecified atom stereocenters. The molecule has 4 heteroatoms. The van der Waals surface area contributed by atoms with Crippen LogP contribution in [0, 0.1) is 0 Å². The molecule has 3 N–H and O–H groups in total. The molecule has 0 amide bonds. The van der Waals surface area contributed by atoms with Crippen molar-refractivity contribution in [1.82, 2.24) is 5.32 Å². The molecule has 2 rings (SSSR count). The topological polar surface area (TPSA) is 56.5 Å². The minimum Gasteiger partial charge on any atom is -0.363 e. The Morgan fingerprint density at radius 1 is 1.07 bits per heavy atom. The molecule has 1 atom stereocenters. The van der Waals surface area contributed by atoms with Crippen LogP contribution in [-0.4, -0.2) is 25.0 Å². The number of hydrogen-bond acceptors (Lipinski definition) is 4. The van der Waals surface area contributed by atoms with E-state index in [1.807, 2.05) is 0 Å². The molecule has 0 bridgehead atoms. The minimum atomic E-state index is 0.273. The smallest absolute Gasteiger partial charge is 0.108 e. The van der Waals surface area contributed by atoms with Crippen LogP contribution in [0.15, 0.2) is 0 Å². The van der Waals surface area contributed by atoms with Crippen molar-refractivity contribution in [3.8, 4) is 0 Å². The Kier molecular flexibility index (Phi) is 4.38. The van der Waals surface area contributed by atoms with Crippen molar-refractivity contribution in [2.24, 2.45) is 5.90 Å². The summed E-state index contributed by atoms with van der Waals surface area (Å²) in [5, 5.41) is 3.58. The summed E-state index contributed by atoms with van der Waals surface area (Å²) in [5.41, 5.74) is 0. The second-order valence-corrected chi connectivity index (χ2v) is 4.63. The normalized spacial score (nSPS) is 37.8. The molecule has 0 radical (unpaired) electrons. The van der Waals surface area contributed by atoms with Gasteiger partial charge >= 0.3 is 0 Å². The van der Waals surface area contributed by atoms with Gasteiger partial charge in [0.25, 0.3) is 0 Å². The predicted molar refractivity (Wildman–Crippen MR) is 58.0 cm³/mol. The van der Waals surface area contributed by atoms with Gasteiger partial charge in [0.15, 0.2) is 0 Å². The van der Waals surface area contributed by atoms with E-state index in [9.17, 15) is 0 Å². The molecule has 15 heavy (non-hydrogen) atoms. The lowest BCUT2D eigenvalue weighted by Crippen LogP contribution is -2.44. The van der Waals surface area contributed by atoms with E-state index in [2.05, 4.69) is 5.32 Å². The average Bonchev–Trinajstić information content (AvgIpc) is 2.31. The predicted octanol–water partition coefficient (Wildman–Crippen LogP) is 1.30. The van der Waals surface area contributed by atoms with E-state index < -0.39 is 0 Å². The summed E-state index contributed by atoms with van der Waals surface area (Å²) in [7, 11) is 0. The summed E-state index contributed by atoms with van der Waals surface area (Å²) in [6, 6.07) is 0.597. The Balaban J connectivity index is 1.67. The first-order valence-electron chi connectivity index (χ1n) is 6.11. The lowest BCUT2D eigenvalue weighted by Gasteiger charge is -2.32. The van der Waals surface area contributed by atoms with E-state index in [4.69, 9.17) is 15.5 Å². The van der Waals surface area contributed by atoms with Gasteiger partial charge in [-0.25, -0.2) is 5.90 Å². The quantitative estimate of drug-likeness (QED) is 0.695. The second kappa shape index (κ2) is 5.80. The van der Waals surface area contributed by atoms with Gasteiger partial charge in [0.05, 0.1) is 6.10 Å². The Bertz CT molecular complexity index is 175. The molecule has 4 nitrogen and oxygen atoms in total. The molecule has 0 aromatic rings. The lowest BCUT2D eigenvalue weighted by atomic mass is 9.93. The zero-order valence-corrected chi connectivity index (χ0v) is 9.28. The van der Waals surface area contributed by atoms with Crippen molar-refractivity contribution in [2.75, 3.05) is 6.61 Å². The van der Waals surface area contributed by atoms with E-state index in [1.165, 1.54) is 12.8 Å². The average molecular weight is 214 g/mol. The van der Waals surface area contributed by atoms with Crippen LogP contribution in [0.2, 0.25) is 0 Å². The number of nitrogens with two attached hydrogens (primary N) is 1. The van der Waals surface area contributed by atoms with Gasteiger partial charge in [-0.2, -0.15) is 0 Å². The maximum atomic E-state index is 5.67. The van der Waals surface area contributed by atoms with E-state index in [-0.39, 0.29) is 6.10 Å². The van der Waals surface area contributed by atoms with Gasteiger partial charge in [-0.15, -0.1) is 0 Å². The van der Waals surface area contributed by atoms with E-state index in [1.54, 1.807) is 0 Å². The Morgan fingerprint density at radius 2 is 1.87 bits per heavy atom. The zero-order valence-electron chi connectivity index (χ0n) is 9.28. The molecule has 2 fully saturated rings. The van der Waals surface area contributed by atoms with Crippen molar-refractivity contribution < 1.29 is 9.57 Å². The largest absolute Gasteiger partial charge is 0.363 e. The fourth-order valence-electron chi connectivity index (χ4n) is 2.50. The van der Waals surface area contributed by atoms with E-state index in [0.717, 1.165) is 38.7 Å². The highest BCUT2D eigenvalue weighted by atomic mass is 16.6. The van der Waals surface area contributed by atoms with Gasteiger partial charge in [-0.05, 0) is 44.9 Å². The standard InChI is InChI=1S/C11H22N2O2/c12-15-10-6-4-9(5-7-10)13-11-3-1-2-8-14-11/h9-11,13H,1-8,12H2. The highest BCUT2D eigenvalue weighted by Crippen LogP contribution is 2.21. The van der Waals surface area contributed by atoms with Crippen molar-refractivity contribution >= 4 is 0 Å². The maximum absolute atomic E-state index is 5.67. The van der Waals surface area contributed by atoms with Crippen LogP contribution < -0.4 is 11.2 Å². The molecule has 1 heterocycles. The summed E-state index contributed by atoms with van der Waals surface area (Å²) >= 11 is 0. The molecule has 2 aliphatic rings. The fraction of sp³-hybridized carbons (Fsp3) is 1.00. The monoisotopic (exact) mass is 214 g/mol. The van der Waals surface area contributed by atoms with Gasteiger partial charge in [-0.3, -0.25) is 5.32 Å². The molecule has 1 saturated carbocycles. The summed E-state index contributed by atoms with van der Waals surface area (Å²) in [6.07, 6.45) is 8.68. The minimum absolute atomic E-state index is 0.273. The third-order valence-corrected chi connectivity index (χ3v) is 3.47. The van der Waals surface area contributed by atoms with Gasteiger partial charge in [0.2, 0.25) is 0 Å². The Morgan fingerprint density at radius 3 is 2.47 bits per heavy atom. The summed E-state index contributed by atoms with van der Waals surface area (Å²) < 4.78 is 5.67. The maximum Gasteiger partial charge on any atom is 0.108 e. The molecular weight excluding hydrogens is 192 g/mol. The highest BCUT2D eigenvalue weighted by Gasteiger charge is 2.24. The molecule has 1 aliphatic heterocycles. The Labute approximate surface area is 91.4 Å². The van der Waals surface area contributed by atoms with Crippen LogP contribution in [0.1, 0.15) is 44.9 Å². The van der Waals surface area contributed by atoms with Crippen LogP contribution in [0.5, 0.6) is 0 Å². The van der Waals surface area contributed by atoms with Crippen molar-refractivity contribution in [2.45, 2.75) is 63.3 Å². The van der Waals surface area contributed by atoms with Crippen molar-refractivity contribution in [3.63, 3.8) is 0 Å². The molecule has 0 aromatic carbocycles. The molecule has 88 valence electrons. The first-order valence-corrected chi connectivity index (χ1v) is 6.11. The molecule has 0 spiro atoms. The highest BCUT2D eigenvalue weighted by molar-refractivity contribution is 4.79. The van der Waals surface area contributed by atoms with Crippen LogP contribution >= 0.6 is 0 Å². The van der Waals surface area contributed by atoms with Crippen LogP contribution in [0.25, 0.3) is 0 Å². The van der Waals surface area contributed by atoms with Crippen LogP contribution in [0.4, 0.5) is 0 Å². The Hall–Kier alpha value is -0.160. The number of hydrogen-bond donors (Lipinski definition) is 2. The van der Waals surface area contributed by atoms with Gasteiger partial charge in [-0.1, -0.05) is 0 Å². The summed E-state index contributed by atoms with van der Waals surface area (Å²) in [6.45, 7) is 0.916. The first kappa shape index (κ1) is 11.3. The number of rotatable bonds is 3. The zero-order chi connectivity index (χ0) is 10.5. The molecule has 0 aromatic heterocycles. The van der Waals surface area contributed by atoms with Crippen LogP contribution in [-0.2, 0) is 9.57 Å². The number of ether oxygens (including phenoxy) is 1. The van der Waals surface area contributed by atoms with Crippen LogP contribution in [0.3, 0.4) is 0 Å². The first-order chi connectivity index (χ1) is 7.38. The third kappa shape index (κ3) is 3.41. The second-order valence-electron chi connectivity index (χ2n) is 4.63. The van der Waals surface area contributed by atoms with E-state index >= 15 is 0 Å². The third-order valence-electron chi connectivity index (χ3n) is 3.47. The molecule has 1 saturated heterocycles. The molecular formula is C11H22N2O2. The van der Waals surface area contributed by atoms with Gasteiger partial charge < -0.3 is 9.57 Å². The SMILES string of the molecule is NOC1CCC(NC2CCCCO2)CC1. The van der Waals surface area contributed by atoms with Crippen molar-refractivity contribution in [1.29, 1.82) is 0 Å².